The molecule has 1 rings (SSSR count). The molecule has 1 aromatic heterocycles. The lowest BCUT2D eigenvalue weighted by molar-refractivity contribution is 0.557. The fraction of sp³-hybridized carbons (Fsp3) is 0.222. The van der Waals surface area contributed by atoms with Crippen LogP contribution in [-0.2, 0) is 0 Å². The van der Waals surface area contributed by atoms with Crippen molar-refractivity contribution in [2.24, 2.45) is 5.73 Å². The number of rotatable bonds is 2. The largest absolute Gasteiger partial charge is 0.321 e. The van der Waals surface area contributed by atoms with Crippen LogP contribution in [0.5, 0.6) is 0 Å². The topological polar surface area (TPSA) is 38.9 Å². The van der Waals surface area contributed by atoms with Crippen molar-refractivity contribution in [3.63, 3.8) is 0 Å². The fourth-order valence-corrected chi connectivity index (χ4v) is 1.38. The maximum Gasteiger partial charge on any atom is 0.218 e. The summed E-state index contributed by atoms with van der Waals surface area (Å²) in [6.45, 7) is 5.30. The minimum atomic E-state index is -0.534. The molecule has 13 heavy (non-hydrogen) atoms. The van der Waals surface area contributed by atoms with Crippen LogP contribution in [0.25, 0.3) is 0 Å². The molecule has 1 aromatic rings. The van der Waals surface area contributed by atoms with E-state index >= 15 is 0 Å². The molecule has 0 fully saturated rings. The van der Waals surface area contributed by atoms with E-state index in [1.54, 1.807) is 6.92 Å². The Hall–Kier alpha value is -0.740. The van der Waals surface area contributed by atoms with E-state index in [-0.39, 0.29) is 0 Å². The van der Waals surface area contributed by atoms with E-state index in [9.17, 15) is 4.39 Å². The second-order valence-electron chi connectivity index (χ2n) is 2.70. The van der Waals surface area contributed by atoms with Crippen LogP contribution < -0.4 is 5.73 Å². The summed E-state index contributed by atoms with van der Waals surface area (Å²) in [5.74, 6) is -0.534. The predicted molar refractivity (Wildman–Crippen MR) is 53.8 cm³/mol. The number of halogens is 2. The van der Waals surface area contributed by atoms with Gasteiger partial charge in [-0.15, -0.1) is 6.58 Å². The first-order chi connectivity index (χ1) is 6.07. The summed E-state index contributed by atoms with van der Waals surface area (Å²) in [7, 11) is 0. The van der Waals surface area contributed by atoms with Crippen molar-refractivity contribution in [1.29, 1.82) is 0 Å². The SMILES string of the molecule is C=C[C@@H](N)c1c(F)ncc(Br)c1C. The predicted octanol–water partition coefficient (Wildman–Crippen LogP) is 2.48. The summed E-state index contributed by atoms with van der Waals surface area (Å²) in [4.78, 5) is 3.57. The van der Waals surface area contributed by atoms with Gasteiger partial charge >= 0.3 is 0 Å². The van der Waals surface area contributed by atoms with E-state index in [4.69, 9.17) is 5.73 Å². The smallest absolute Gasteiger partial charge is 0.218 e. The lowest BCUT2D eigenvalue weighted by Gasteiger charge is -2.11. The first-order valence-corrected chi connectivity index (χ1v) is 4.56. The van der Waals surface area contributed by atoms with Crippen LogP contribution in [0.3, 0.4) is 0 Å². The Kier molecular flexibility index (Phi) is 3.17. The van der Waals surface area contributed by atoms with Gasteiger partial charge in [-0.1, -0.05) is 6.08 Å². The maximum absolute atomic E-state index is 13.2. The monoisotopic (exact) mass is 244 g/mol. The molecule has 0 amide bonds. The van der Waals surface area contributed by atoms with Gasteiger partial charge in [0.05, 0.1) is 6.04 Å². The van der Waals surface area contributed by atoms with Gasteiger partial charge in [0, 0.05) is 16.2 Å². The molecule has 0 aliphatic rings. The molecule has 2 N–H and O–H groups in total. The van der Waals surface area contributed by atoms with E-state index in [0.717, 1.165) is 10.0 Å². The molecule has 4 heteroatoms. The van der Waals surface area contributed by atoms with E-state index < -0.39 is 12.0 Å². The van der Waals surface area contributed by atoms with Crippen LogP contribution in [0.15, 0.2) is 23.3 Å². The summed E-state index contributed by atoms with van der Waals surface area (Å²) >= 11 is 3.26. The van der Waals surface area contributed by atoms with Crippen molar-refractivity contribution in [2.45, 2.75) is 13.0 Å². The third kappa shape index (κ3) is 1.95. The minimum Gasteiger partial charge on any atom is -0.321 e. The van der Waals surface area contributed by atoms with Gasteiger partial charge in [-0.05, 0) is 28.4 Å². The molecule has 1 atom stereocenters. The zero-order valence-corrected chi connectivity index (χ0v) is 8.81. The molecule has 0 aliphatic heterocycles. The van der Waals surface area contributed by atoms with E-state index in [0.29, 0.717) is 5.56 Å². The quantitative estimate of drug-likeness (QED) is 0.642. The Morgan fingerprint density at radius 1 is 1.77 bits per heavy atom. The molecule has 0 saturated heterocycles. The van der Waals surface area contributed by atoms with Gasteiger partial charge in [-0.2, -0.15) is 4.39 Å². The van der Waals surface area contributed by atoms with Crippen LogP contribution in [0, 0.1) is 12.9 Å². The van der Waals surface area contributed by atoms with Crippen LogP contribution in [0.1, 0.15) is 17.2 Å². The summed E-state index contributed by atoms with van der Waals surface area (Å²) < 4.78 is 14.0. The standard InChI is InChI=1S/C9H10BrFN2/c1-3-7(12)8-5(2)6(10)4-13-9(8)11/h3-4,7H,1,12H2,2H3/t7-/m1/s1. The van der Waals surface area contributed by atoms with Gasteiger partial charge < -0.3 is 5.73 Å². The minimum absolute atomic E-state index is 0.393. The first kappa shape index (κ1) is 10.3. The van der Waals surface area contributed by atoms with Gasteiger partial charge in [0.25, 0.3) is 0 Å². The molecule has 0 aromatic carbocycles. The van der Waals surface area contributed by atoms with Crippen LogP contribution in [-0.4, -0.2) is 4.98 Å². The zero-order valence-electron chi connectivity index (χ0n) is 7.22. The van der Waals surface area contributed by atoms with Gasteiger partial charge in [-0.3, -0.25) is 0 Å². The molecule has 0 radical (unpaired) electrons. The Morgan fingerprint density at radius 2 is 2.38 bits per heavy atom. The Bertz CT molecular complexity index is 339. The number of hydrogen-bond donors (Lipinski definition) is 1. The van der Waals surface area contributed by atoms with Crippen LogP contribution >= 0.6 is 15.9 Å². The average molecular weight is 245 g/mol. The lowest BCUT2D eigenvalue weighted by atomic mass is 10.0. The highest BCUT2D eigenvalue weighted by molar-refractivity contribution is 9.10. The maximum atomic E-state index is 13.2. The molecular weight excluding hydrogens is 235 g/mol. The molecule has 1 heterocycles. The van der Waals surface area contributed by atoms with Crippen molar-refractivity contribution in [2.75, 3.05) is 0 Å². The van der Waals surface area contributed by atoms with Gasteiger partial charge in [0.2, 0.25) is 5.95 Å². The van der Waals surface area contributed by atoms with Gasteiger partial charge in [-0.25, -0.2) is 4.98 Å². The summed E-state index contributed by atoms with van der Waals surface area (Å²) in [6, 6.07) is -0.509. The summed E-state index contributed by atoms with van der Waals surface area (Å²) in [5, 5.41) is 0. The lowest BCUT2D eigenvalue weighted by Crippen LogP contribution is -2.12. The van der Waals surface area contributed by atoms with Gasteiger partial charge in [0.1, 0.15) is 0 Å². The number of nitrogens with zero attached hydrogens (tertiary/aromatic N) is 1. The zero-order chi connectivity index (χ0) is 10.0. The Balaban J connectivity index is 3.32. The third-order valence-electron chi connectivity index (χ3n) is 1.86. The highest BCUT2D eigenvalue weighted by Crippen LogP contribution is 2.24. The van der Waals surface area contributed by atoms with Crippen molar-refractivity contribution in [3.05, 3.63) is 40.4 Å². The van der Waals surface area contributed by atoms with E-state index in [1.807, 2.05) is 0 Å². The molecule has 2 nitrogen and oxygen atoms in total. The Morgan fingerprint density at radius 3 is 2.92 bits per heavy atom. The fourth-order valence-electron chi connectivity index (χ4n) is 1.07. The summed E-state index contributed by atoms with van der Waals surface area (Å²) in [5.41, 5.74) is 6.80. The molecule has 0 spiro atoms. The van der Waals surface area contributed by atoms with Gasteiger partial charge in [0.15, 0.2) is 0 Å². The number of pyridine rings is 1. The number of hydrogen-bond acceptors (Lipinski definition) is 2. The number of aromatic nitrogens is 1. The Labute approximate surface area is 84.8 Å². The summed E-state index contributed by atoms with van der Waals surface area (Å²) in [6.07, 6.45) is 2.91. The van der Waals surface area contributed by atoms with Crippen LogP contribution in [0.2, 0.25) is 0 Å². The van der Waals surface area contributed by atoms with E-state index in [1.165, 1.54) is 12.3 Å². The van der Waals surface area contributed by atoms with E-state index in [2.05, 4.69) is 27.5 Å². The number of nitrogens with two attached hydrogens (primary N) is 1. The second-order valence-corrected chi connectivity index (χ2v) is 3.55. The molecule has 0 aliphatic carbocycles. The molecular formula is C9H10BrFN2. The second kappa shape index (κ2) is 3.98. The van der Waals surface area contributed by atoms with Crippen molar-refractivity contribution >= 4 is 15.9 Å². The van der Waals surface area contributed by atoms with Crippen LogP contribution in [0.4, 0.5) is 4.39 Å². The molecule has 0 bridgehead atoms. The van der Waals surface area contributed by atoms with Crippen molar-refractivity contribution in [1.82, 2.24) is 4.98 Å². The highest BCUT2D eigenvalue weighted by Gasteiger charge is 2.14. The van der Waals surface area contributed by atoms with Crippen molar-refractivity contribution in [3.8, 4) is 0 Å². The molecule has 0 unspecified atom stereocenters. The normalized spacial score (nSPS) is 12.6. The molecule has 70 valence electrons. The first-order valence-electron chi connectivity index (χ1n) is 3.76. The average Bonchev–Trinajstić information content (AvgIpc) is 2.12. The van der Waals surface area contributed by atoms with Crippen molar-refractivity contribution < 1.29 is 4.39 Å². The third-order valence-corrected chi connectivity index (χ3v) is 2.66. The highest BCUT2D eigenvalue weighted by atomic mass is 79.9. The molecule has 0 saturated carbocycles.